The number of fused-ring (bicyclic) bond motifs is 5. The number of anilines is 1. The van der Waals surface area contributed by atoms with Crippen molar-refractivity contribution in [3.63, 3.8) is 0 Å². The first-order chi connectivity index (χ1) is 11.5. The van der Waals surface area contributed by atoms with Gasteiger partial charge in [0.25, 0.3) is 0 Å². The summed E-state index contributed by atoms with van der Waals surface area (Å²) in [5.74, 6) is -1.28. The van der Waals surface area contributed by atoms with Crippen LogP contribution in [-0.4, -0.2) is 29.2 Å². The normalized spacial score (nSPS) is 30.2. The van der Waals surface area contributed by atoms with E-state index in [1.54, 1.807) is 18.2 Å². The zero-order chi connectivity index (χ0) is 17.0. The molecule has 0 spiro atoms. The molecule has 0 aromatic heterocycles. The number of hydrogen-bond acceptors (Lipinski definition) is 3. The summed E-state index contributed by atoms with van der Waals surface area (Å²) in [7, 11) is 0. The second kappa shape index (κ2) is 5.60. The number of halogens is 2. The topological polar surface area (TPSA) is 66.5 Å². The molecule has 3 aliphatic rings. The molecule has 4 atom stereocenters. The maximum absolute atomic E-state index is 12.5. The summed E-state index contributed by atoms with van der Waals surface area (Å²) in [5, 5.41) is 3.15. The predicted molar refractivity (Wildman–Crippen MR) is 89.5 cm³/mol. The summed E-state index contributed by atoms with van der Waals surface area (Å²) in [4.78, 5) is 38.4. The van der Waals surface area contributed by atoms with E-state index in [1.807, 2.05) is 12.2 Å². The summed E-state index contributed by atoms with van der Waals surface area (Å²) in [6.07, 6.45) is 4.91. The van der Waals surface area contributed by atoms with Crippen molar-refractivity contribution < 1.29 is 14.4 Å². The van der Waals surface area contributed by atoms with Crippen molar-refractivity contribution in [2.24, 2.45) is 23.7 Å². The second-order valence-electron chi connectivity index (χ2n) is 6.41. The predicted octanol–water partition coefficient (Wildman–Crippen LogP) is 2.74. The lowest BCUT2D eigenvalue weighted by Crippen LogP contribution is -2.39. The minimum Gasteiger partial charge on any atom is -0.323 e. The van der Waals surface area contributed by atoms with E-state index in [-0.39, 0.29) is 47.1 Å². The van der Waals surface area contributed by atoms with Gasteiger partial charge in [-0.05, 0) is 30.4 Å². The molecule has 1 aromatic rings. The van der Waals surface area contributed by atoms with E-state index in [2.05, 4.69) is 5.32 Å². The van der Waals surface area contributed by atoms with Crippen molar-refractivity contribution in [2.45, 2.75) is 6.42 Å². The average Bonchev–Trinajstić information content (AvgIpc) is 3.22. The van der Waals surface area contributed by atoms with Gasteiger partial charge in [0, 0.05) is 0 Å². The van der Waals surface area contributed by atoms with Crippen LogP contribution in [0.3, 0.4) is 0 Å². The minimum absolute atomic E-state index is 0.131. The molecule has 3 amide bonds. The van der Waals surface area contributed by atoms with Crippen LogP contribution in [0.5, 0.6) is 0 Å². The Morgan fingerprint density at radius 1 is 1.12 bits per heavy atom. The molecule has 1 aliphatic heterocycles. The van der Waals surface area contributed by atoms with Crippen LogP contribution < -0.4 is 5.32 Å². The highest BCUT2D eigenvalue weighted by atomic mass is 35.5. The number of hydrogen-bond donors (Lipinski definition) is 1. The van der Waals surface area contributed by atoms with Crippen LogP contribution in [0.1, 0.15) is 6.42 Å². The molecule has 1 heterocycles. The highest BCUT2D eigenvalue weighted by Crippen LogP contribution is 2.52. The van der Waals surface area contributed by atoms with Gasteiger partial charge < -0.3 is 5.32 Å². The van der Waals surface area contributed by atoms with E-state index < -0.39 is 5.91 Å². The Labute approximate surface area is 148 Å². The molecule has 5 nitrogen and oxygen atoms in total. The lowest BCUT2D eigenvalue weighted by atomic mass is 9.85. The third-order valence-corrected chi connectivity index (χ3v) is 5.91. The largest absolute Gasteiger partial charge is 0.323 e. The van der Waals surface area contributed by atoms with E-state index in [1.165, 1.54) is 0 Å². The van der Waals surface area contributed by atoms with Crippen molar-refractivity contribution in [1.29, 1.82) is 0 Å². The quantitative estimate of drug-likeness (QED) is 0.662. The number of rotatable bonds is 3. The lowest BCUT2D eigenvalue weighted by Gasteiger charge is -2.17. The van der Waals surface area contributed by atoms with Gasteiger partial charge in [-0.1, -0.05) is 41.4 Å². The molecule has 4 rings (SSSR count). The van der Waals surface area contributed by atoms with Gasteiger partial charge in [-0.3, -0.25) is 19.3 Å². The molecule has 2 bridgehead atoms. The minimum atomic E-state index is -0.471. The monoisotopic (exact) mass is 364 g/mol. The zero-order valence-electron chi connectivity index (χ0n) is 12.5. The average molecular weight is 365 g/mol. The zero-order valence-corrected chi connectivity index (χ0v) is 14.1. The lowest BCUT2D eigenvalue weighted by molar-refractivity contribution is -0.143. The van der Waals surface area contributed by atoms with E-state index in [0.717, 1.165) is 11.3 Å². The van der Waals surface area contributed by atoms with Gasteiger partial charge in [0.1, 0.15) is 6.54 Å². The highest BCUT2D eigenvalue weighted by Gasteiger charge is 2.59. The Morgan fingerprint density at radius 3 is 2.38 bits per heavy atom. The summed E-state index contributed by atoms with van der Waals surface area (Å²) >= 11 is 11.9. The standard InChI is InChI=1S/C17H14Cl2N2O3/c18-10-2-1-3-11(15(10)19)20-12(22)7-21-16(23)13-8-4-5-9(6-8)14(13)17(21)24/h1-5,8-9,13-14H,6-7H2,(H,20,22). The van der Waals surface area contributed by atoms with Crippen LogP contribution in [0.4, 0.5) is 5.69 Å². The number of amides is 3. The Balaban J connectivity index is 1.48. The fraction of sp³-hybridized carbons (Fsp3) is 0.353. The number of nitrogens with zero attached hydrogens (tertiary/aromatic N) is 1. The van der Waals surface area contributed by atoms with E-state index >= 15 is 0 Å². The van der Waals surface area contributed by atoms with Crippen molar-refractivity contribution in [3.05, 3.63) is 40.4 Å². The van der Waals surface area contributed by atoms with Crippen LogP contribution in [0.25, 0.3) is 0 Å². The van der Waals surface area contributed by atoms with Gasteiger partial charge in [-0.2, -0.15) is 0 Å². The Hall–Kier alpha value is -1.85. The second-order valence-corrected chi connectivity index (χ2v) is 7.20. The van der Waals surface area contributed by atoms with Gasteiger partial charge in [0.05, 0.1) is 27.6 Å². The third kappa shape index (κ3) is 2.26. The fourth-order valence-electron chi connectivity index (χ4n) is 4.05. The van der Waals surface area contributed by atoms with Gasteiger partial charge in [-0.15, -0.1) is 0 Å². The third-order valence-electron chi connectivity index (χ3n) is 5.09. The van der Waals surface area contributed by atoms with Crippen molar-refractivity contribution in [2.75, 3.05) is 11.9 Å². The summed E-state index contributed by atoms with van der Waals surface area (Å²) < 4.78 is 0. The highest BCUT2D eigenvalue weighted by molar-refractivity contribution is 6.44. The number of imide groups is 1. The molecule has 1 saturated carbocycles. The van der Waals surface area contributed by atoms with Crippen molar-refractivity contribution in [3.8, 4) is 0 Å². The molecule has 2 fully saturated rings. The molecule has 1 aromatic carbocycles. The first-order valence-corrected chi connectivity index (χ1v) is 8.50. The number of benzene rings is 1. The summed E-state index contributed by atoms with van der Waals surface area (Å²) in [5.41, 5.74) is 0.357. The van der Waals surface area contributed by atoms with Crippen LogP contribution in [0.2, 0.25) is 10.0 Å². The van der Waals surface area contributed by atoms with Crippen LogP contribution >= 0.6 is 23.2 Å². The van der Waals surface area contributed by atoms with Crippen LogP contribution in [0, 0.1) is 23.7 Å². The summed E-state index contributed by atoms with van der Waals surface area (Å²) in [6, 6.07) is 4.87. The Bertz CT molecular complexity index is 762. The first kappa shape index (κ1) is 15.7. The molecule has 2 aliphatic carbocycles. The fourth-order valence-corrected chi connectivity index (χ4v) is 4.40. The van der Waals surface area contributed by atoms with Crippen LogP contribution in [0.15, 0.2) is 30.4 Å². The molecule has 1 saturated heterocycles. The van der Waals surface area contributed by atoms with Crippen molar-refractivity contribution >= 4 is 46.6 Å². The number of carbonyl (C=O) groups is 3. The molecule has 4 unspecified atom stereocenters. The molecule has 7 heteroatoms. The van der Waals surface area contributed by atoms with Gasteiger partial charge in [0.2, 0.25) is 17.7 Å². The maximum atomic E-state index is 12.5. The SMILES string of the molecule is O=C(CN1C(=O)C2C3C=CC(C3)C2C1=O)Nc1cccc(Cl)c1Cl. The molecule has 124 valence electrons. The van der Waals surface area contributed by atoms with Crippen molar-refractivity contribution in [1.82, 2.24) is 4.90 Å². The molecular formula is C17H14Cl2N2O3. The number of likely N-dealkylation sites (tertiary alicyclic amines) is 1. The van der Waals surface area contributed by atoms with Crippen LogP contribution in [-0.2, 0) is 14.4 Å². The Kier molecular flexibility index (Phi) is 3.66. The van der Waals surface area contributed by atoms with Gasteiger partial charge >= 0.3 is 0 Å². The van der Waals surface area contributed by atoms with Gasteiger partial charge in [-0.25, -0.2) is 0 Å². The maximum Gasteiger partial charge on any atom is 0.244 e. The molecule has 24 heavy (non-hydrogen) atoms. The Morgan fingerprint density at radius 2 is 1.75 bits per heavy atom. The molecule has 0 radical (unpaired) electrons. The smallest absolute Gasteiger partial charge is 0.244 e. The first-order valence-electron chi connectivity index (χ1n) is 7.75. The van der Waals surface area contributed by atoms with E-state index in [4.69, 9.17) is 23.2 Å². The summed E-state index contributed by atoms with van der Waals surface area (Å²) in [6.45, 7) is -0.299. The number of nitrogens with one attached hydrogen (secondary N) is 1. The molecule has 1 N–H and O–H groups in total. The van der Waals surface area contributed by atoms with E-state index in [0.29, 0.717) is 10.7 Å². The molecular weight excluding hydrogens is 351 g/mol. The number of allylic oxidation sites excluding steroid dienone is 2. The number of carbonyl (C=O) groups excluding carboxylic acids is 3. The van der Waals surface area contributed by atoms with Gasteiger partial charge in [0.15, 0.2) is 0 Å². The van der Waals surface area contributed by atoms with E-state index in [9.17, 15) is 14.4 Å².